The number of fused-ring (bicyclic) bond motifs is 1. The van der Waals surface area contributed by atoms with Crippen LogP contribution in [0.3, 0.4) is 0 Å². The van der Waals surface area contributed by atoms with Crippen LogP contribution < -0.4 is 20.1 Å². The Morgan fingerprint density at radius 3 is 2.61 bits per heavy atom. The summed E-state index contributed by atoms with van der Waals surface area (Å²) in [6, 6.07) is 19.8. The maximum atomic E-state index is 12.7. The number of anilines is 1. The Morgan fingerprint density at radius 2 is 1.86 bits per heavy atom. The Balaban J connectivity index is 1.14. The van der Waals surface area contributed by atoms with Crippen molar-refractivity contribution in [2.45, 2.75) is 49.9 Å². The smallest absolute Gasteiger partial charge is 0.272 e. The van der Waals surface area contributed by atoms with Crippen LogP contribution >= 0.6 is 11.5 Å². The molecule has 1 atom stereocenters. The number of hydrogen-bond acceptors (Lipinski definition) is 9. The quantitative estimate of drug-likeness (QED) is 0.131. The number of aryl methyl sites for hydroxylation is 1. The van der Waals surface area contributed by atoms with Crippen LogP contribution in [0.15, 0.2) is 88.7 Å². The predicted octanol–water partition coefficient (Wildman–Crippen LogP) is 3.40. The largest absolute Gasteiger partial charge is 0.387 e. The van der Waals surface area contributed by atoms with E-state index in [0.717, 1.165) is 16.9 Å². The summed E-state index contributed by atoms with van der Waals surface area (Å²) >= 11 is 0.967. The van der Waals surface area contributed by atoms with Crippen molar-refractivity contribution in [1.29, 1.82) is 0 Å². The summed E-state index contributed by atoms with van der Waals surface area (Å²) in [5.74, 6) is -0.387. The molecule has 3 heterocycles. The van der Waals surface area contributed by atoms with Gasteiger partial charge in [-0.1, -0.05) is 30.3 Å². The molecule has 5 rings (SSSR count). The molecule has 0 radical (unpaired) electrons. The van der Waals surface area contributed by atoms with Gasteiger partial charge in [0.25, 0.3) is 15.9 Å². The predicted molar refractivity (Wildman–Crippen MR) is 169 cm³/mol. The van der Waals surface area contributed by atoms with Gasteiger partial charge in [-0.3, -0.25) is 14.3 Å². The highest BCUT2D eigenvalue weighted by molar-refractivity contribution is 7.92. The van der Waals surface area contributed by atoms with Crippen LogP contribution in [0.2, 0.25) is 0 Å². The van der Waals surface area contributed by atoms with E-state index < -0.39 is 16.1 Å². The zero-order valence-corrected chi connectivity index (χ0v) is 25.8. The molecule has 1 amide bonds. The second-order valence-electron chi connectivity index (χ2n) is 11.0. The first-order valence-corrected chi connectivity index (χ1v) is 16.2. The summed E-state index contributed by atoms with van der Waals surface area (Å²) in [7, 11) is -3.74. The number of rotatable bonds is 13. The molecule has 14 heteroatoms. The summed E-state index contributed by atoms with van der Waals surface area (Å²) in [5.41, 5.74) is 2.04. The van der Waals surface area contributed by atoms with Crippen LogP contribution in [0.25, 0.3) is 11.0 Å². The highest BCUT2D eigenvalue weighted by Crippen LogP contribution is 2.22. The second-order valence-corrected chi connectivity index (χ2v) is 13.5. The van der Waals surface area contributed by atoms with Gasteiger partial charge in [-0.15, -0.1) is 10.2 Å². The van der Waals surface area contributed by atoms with Gasteiger partial charge in [-0.2, -0.15) is 0 Å². The highest BCUT2D eigenvalue weighted by atomic mass is 32.2. The van der Waals surface area contributed by atoms with Crippen molar-refractivity contribution < 1.29 is 18.3 Å². The van der Waals surface area contributed by atoms with E-state index in [4.69, 9.17) is 0 Å². The van der Waals surface area contributed by atoms with E-state index in [2.05, 4.69) is 29.9 Å². The SMILES string of the molecule is CC(C)(CCn1ccc2cc(C(=O)NCc3cc(=O)s[nH]3)nnc21)NC[C@H](O)c1cccc(NS(=O)(=O)c2ccccc2)c1. The fraction of sp³-hybridized carbons (Fsp3) is 0.267. The number of nitrogens with one attached hydrogen (secondary N) is 4. The van der Waals surface area contributed by atoms with Crippen LogP contribution in [0.1, 0.15) is 48.1 Å². The van der Waals surface area contributed by atoms with Crippen LogP contribution in [-0.4, -0.2) is 50.7 Å². The first kappa shape index (κ1) is 31.1. The number of carbonyl (C=O) groups is 1. The van der Waals surface area contributed by atoms with Crippen molar-refractivity contribution in [3.63, 3.8) is 0 Å². The Bertz CT molecular complexity index is 1920. The Hall–Kier alpha value is -4.37. The lowest BCUT2D eigenvalue weighted by Crippen LogP contribution is -2.42. The first-order chi connectivity index (χ1) is 21.0. The van der Waals surface area contributed by atoms with E-state index in [-0.39, 0.29) is 39.9 Å². The van der Waals surface area contributed by atoms with Gasteiger partial charge < -0.3 is 24.7 Å². The second kappa shape index (κ2) is 13.1. The fourth-order valence-electron chi connectivity index (χ4n) is 4.55. The van der Waals surface area contributed by atoms with E-state index in [1.54, 1.807) is 48.5 Å². The number of nitrogens with zero attached hydrogens (tertiary/aromatic N) is 3. The summed E-state index contributed by atoms with van der Waals surface area (Å²) in [5, 5.41) is 26.2. The molecule has 0 saturated carbocycles. The number of aliphatic hydroxyl groups is 1. The molecular weight excluding hydrogens is 603 g/mol. The van der Waals surface area contributed by atoms with Gasteiger partial charge in [0, 0.05) is 47.7 Å². The number of sulfonamides is 1. The lowest BCUT2D eigenvalue weighted by atomic mass is 9.99. The number of aromatic amines is 1. The van der Waals surface area contributed by atoms with Gasteiger partial charge in [-0.05, 0) is 73.8 Å². The molecule has 5 N–H and O–H groups in total. The van der Waals surface area contributed by atoms with Gasteiger partial charge >= 0.3 is 0 Å². The van der Waals surface area contributed by atoms with Gasteiger partial charge in [0.15, 0.2) is 11.3 Å². The molecule has 0 aliphatic carbocycles. The van der Waals surface area contributed by atoms with Gasteiger partial charge in [0.1, 0.15) is 0 Å². The monoisotopic (exact) mass is 635 g/mol. The molecule has 0 fully saturated rings. The van der Waals surface area contributed by atoms with Gasteiger partial charge in [0.2, 0.25) is 4.74 Å². The van der Waals surface area contributed by atoms with Crippen molar-refractivity contribution >= 4 is 44.2 Å². The molecular formula is C30H33N7O5S2. The number of amides is 1. The van der Waals surface area contributed by atoms with E-state index in [1.807, 2.05) is 30.7 Å². The minimum atomic E-state index is -3.74. The third-order valence-electron chi connectivity index (χ3n) is 7.08. The number of aliphatic hydroxyl groups excluding tert-OH is 1. The lowest BCUT2D eigenvalue weighted by Gasteiger charge is -2.28. The standard InChI is InChI=1S/C30H33N7O5S2/c1-30(2,32-19-26(38)20-7-6-8-22(15-20)36-44(41,42)24-9-4-3-5-10-24)12-14-37-13-11-21-16-25(33-34-28(21)37)29(40)31-18-23-17-27(39)43-35-23/h3-11,13,15-17,26,32,35-36,38H,12,14,18-19H2,1-2H3,(H,31,40)/t26-/m0/s1. The Labute approximate surface area is 258 Å². The molecule has 230 valence electrons. The Morgan fingerprint density at radius 1 is 1.07 bits per heavy atom. The topological polar surface area (TPSA) is 171 Å². The third-order valence-corrected chi connectivity index (χ3v) is 9.17. The maximum Gasteiger partial charge on any atom is 0.272 e. The number of H-pyrrole nitrogens is 1. The van der Waals surface area contributed by atoms with Gasteiger partial charge in [0.05, 0.1) is 17.5 Å². The molecule has 44 heavy (non-hydrogen) atoms. The lowest BCUT2D eigenvalue weighted by molar-refractivity contribution is 0.0944. The maximum absolute atomic E-state index is 12.7. The fourth-order valence-corrected chi connectivity index (χ4v) is 6.18. The molecule has 0 spiro atoms. The van der Waals surface area contributed by atoms with Crippen LogP contribution in [-0.2, 0) is 23.1 Å². The summed E-state index contributed by atoms with van der Waals surface area (Å²) in [6.45, 7) is 5.12. The summed E-state index contributed by atoms with van der Waals surface area (Å²) in [4.78, 5) is 24.0. The van der Waals surface area contributed by atoms with Crippen molar-refractivity contribution in [3.05, 3.63) is 105 Å². The molecule has 0 unspecified atom stereocenters. The van der Waals surface area contributed by atoms with Crippen LogP contribution in [0.4, 0.5) is 5.69 Å². The number of benzene rings is 2. The van der Waals surface area contributed by atoms with E-state index >= 15 is 0 Å². The van der Waals surface area contributed by atoms with E-state index in [1.165, 1.54) is 18.2 Å². The molecule has 2 aromatic carbocycles. The molecule has 5 aromatic rings. The average molecular weight is 636 g/mol. The van der Waals surface area contributed by atoms with Crippen molar-refractivity contribution in [1.82, 2.24) is 29.8 Å². The molecule has 3 aromatic heterocycles. The van der Waals surface area contributed by atoms with Crippen molar-refractivity contribution in [2.75, 3.05) is 11.3 Å². The third kappa shape index (κ3) is 7.77. The molecule has 0 aliphatic heterocycles. The van der Waals surface area contributed by atoms with Crippen molar-refractivity contribution in [3.8, 4) is 0 Å². The minimum Gasteiger partial charge on any atom is -0.387 e. The van der Waals surface area contributed by atoms with Crippen LogP contribution in [0, 0.1) is 0 Å². The normalized spacial score (nSPS) is 12.7. The molecule has 12 nitrogen and oxygen atoms in total. The summed E-state index contributed by atoms with van der Waals surface area (Å²) < 4.78 is 32.6. The van der Waals surface area contributed by atoms with Gasteiger partial charge in [-0.25, -0.2) is 8.42 Å². The number of carbonyl (C=O) groups excluding carboxylic acids is 1. The van der Waals surface area contributed by atoms with Crippen molar-refractivity contribution in [2.24, 2.45) is 0 Å². The van der Waals surface area contributed by atoms with E-state index in [9.17, 15) is 23.1 Å². The average Bonchev–Trinajstić information content (AvgIpc) is 3.63. The van der Waals surface area contributed by atoms with Crippen LogP contribution in [0.5, 0.6) is 0 Å². The highest BCUT2D eigenvalue weighted by Gasteiger charge is 2.21. The number of β-amino-alcohol motifs (C(OH)–C–C–N with tert-alkyl or cyclic N) is 1. The molecule has 0 bridgehead atoms. The molecule has 0 aliphatic rings. The minimum absolute atomic E-state index is 0.108. The zero-order valence-electron chi connectivity index (χ0n) is 24.1. The number of hydrogen-bond donors (Lipinski definition) is 5. The number of aromatic nitrogens is 4. The Kier molecular flexibility index (Phi) is 9.25. The molecule has 0 saturated heterocycles. The first-order valence-electron chi connectivity index (χ1n) is 13.9. The zero-order chi connectivity index (χ0) is 31.3. The van der Waals surface area contributed by atoms with E-state index in [0.29, 0.717) is 35.6 Å². The summed E-state index contributed by atoms with van der Waals surface area (Å²) in [6.07, 6.45) is 1.73.